The minimum atomic E-state index is 0. The topological polar surface area (TPSA) is 38.1 Å². The van der Waals surface area contributed by atoms with E-state index in [0.29, 0.717) is 4.75 Å². The summed E-state index contributed by atoms with van der Waals surface area (Å²) in [4.78, 5) is 0. The van der Waals surface area contributed by atoms with Crippen LogP contribution in [0.25, 0.3) is 0 Å². The average molecular weight is 279 g/mol. The molecule has 0 radical (unpaired) electrons. The minimum Gasteiger partial charge on any atom is -0.361 e. The second-order valence-corrected chi connectivity index (χ2v) is 6.86. The quantitative estimate of drug-likeness (QED) is 0.839. The van der Waals surface area contributed by atoms with Gasteiger partial charge in [0.15, 0.2) is 0 Å². The number of hydrogen-bond donors (Lipinski definition) is 1. The lowest BCUT2D eigenvalue weighted by Crippen LogP contribution is -2.20. The van der Waals surface area contributed by atoms with Gasteiger partial charge in [0.25, 0.3) is 0 Å². The molecule has 0 saturated heterocycles. The van der Waals surface area contributed by atoms with E-state index in [1.807, 2.05) is 25.6 Å². The van der Waals surface area contributed by atoms with Gasteiger partial charge in [-0.2, -0.15) is 11.8 Å². The Morgan fingerprint density at radius 3 is 2.41 bits per heavy atom. The average Bonchev–Trinajstić information content (AvgIpc) is 2.46. The van der Waals surface area contributed by atoms with Crippen molar-refractivity contribution in [1.82, 2.24) is 10.5 Å². The Morgan fingerprint density at radius 2 is 1.94 bits per heavy atom. The van der Waals surface area contributed by atoms with Gasteiger partial charge < -0.3 is 9.84 Å². The Labute approximate surface area is 115 Å². The normalized spacial score (nSPS) is 11.4. The lowest BCUT2D eigenvalue weighted by atomic mass is 10.2. The van der Waals surface area contributed by atoms with Crippen molar-refractivity contribution in [3.63, 3.8) is 0 Å². The van der Waals surface area contributed by atoms with Crippen molar-refractivity contribution in [1.29, 1.82) is 0 Å². The zero-order chi connectivity index (χ0) is 12.2. The van der Waals surface area contributed by atoms with E-state index in [1.165, 1.54) is 5.56 Å². The minimum absolute atomic E-state index is 0. The van der Waals surface area contributed by atoms with Gasteiger partial charge in [-0.15, -0.1) is 12.4 Å². The van der Waals surface area contributed by atoms with Gasteiger partial charge in [0.1, 0.15) is 5.76 Å². The number of aromatic nitrogens is 1. The Morgan fingerprint density at radius 1 is 1.29 bits per heavy atom. The molecule has 1 N–H and O–H groups in total. The number of nitrogens with zero attached hydrogens (tertiary/aromatic N) is 1. The predicted molar refractivity (Wildman–Crippen MR) is 77.1 cm³/mol. The van der Waals surface area contributed by atoms with E-state index in [4.69, 9.17) is 4.52 Å². The molecule has 0 fully saturated rings. The number of hydrogen-bond acceptors (Lipinski definition) is 4. The molecule has 100 valence electrons. The molecule has 3 nitrogen and oxygen atoms in total. The molecular formula is C12H23ClN2OS. The summed E-state index contributed by atoms with van der Waals surface area (Å²) >= 11 is 1.98. The Balaban J connectivity index is 0.00000256. The Kier molecular flexibility index (Phi) is 7.21. The molecular weight excluding hydrogens is 256 g/mol. The second kappa shape index (κ2) is 7.29. The standard InChI is InChI=1S/C12H22N2OS.ClH/c1-9-11(10(2)15-14-9)8-13-6-7-16-12(3,4)5;/h13H,6-8H2,1-5H3;1H. The fourth-order valence-corrected chi connectivity index (χ4v) is 2.26. The summed E-state index contributed by atoms with van der Waals surface area (Å²) in [6.07, 6.45) is 0. The number of halogens is 1. The van der Waals surface area contributed by atoms with Crippen molar-refractivity contribution < 1.29 is 4.52 Å². The number of rotatable bonds is 5. The fraction of sp³-hybridized carbons (Fsp3) is 0.750. The first-order valence-electron chi connectivity index (χ1n) is 5.66. The van der Waals surface area contributed by atoms with Gasteiger partial charge >= 0.3 is 0 Å². The van der Waals surface area contributed by atoms with Crippen LogP contribution in [-0.2, 0) is 6.54 Å². The molecule has 0 aliphatic carbocycles. The SMILES string of the molecule is Cc1noc(C)c1CNCCSC(C)(C)C.Cl. The Hall–Kier alpha value is -0.190. The van der Waals surface area contributed by atoms with Crippen LogP contribution in [0.3, 0.4) is 0 Å². The number of aryl methyl sites for hydroxylation is 2. The lowest BCUT2D eigenvalue weighted by molar-refractivity contribution is 0.392. The smallest absolute Gasteiger partial charge is 0.138 e. The highest BCUT2D eigenvalue weighted by Crippen LogP contribution is 2.22. The molecule has 1 aromatic rings. The van der Waals surface area contributed by atoms with E-state index < -0.39 is 0 Å². The zero-order valence-electron chi connectivity index (χ0n) is 11.3. The van der Waals surface area contributed by atoms with E-state index >= 15 is 0 Å². The van der Waals surface area contributed by atoms with E-state index in [9.17, 15) is 0 Å². The third-order valence-electron chi connectivity index (χ3n) is 2.30. The highest BCUT2D eigenvalue weighted by molar-refractivity contribution is 8.00. The molecule has 1 aromatic heterocycles. The maximum atomic E-state index is 5.11. The first kappa shape index (κ1) is 16.8. The van der Waals surface area contributed by atoms with Crippen LogP contribution in [-0.4, -0.2) is 22.2 Å². The molecule has 0 aliphatic rings. The van der Waals surface area contributed by atoms with E-state index in [2.05, 4.69) is 31.2 Å². The first-order valence-corrected chi connectivity index (χ1v) is 6.65. The van der Waals surface area contributed by atoms with Crippen molar-refractivity contribution in [2.24, 2.45) is 0 Å². The maximum absolute atomic E-state index is 5.11. The Bertz CT molecular complexity index is 314. The lowest BCUT2D eigenvalue weighted by Gasteiger charge is -2.17. The molecule has 1 rings (SSSR count). The second-order valence-electron chi connectivity index (χ2n) is 4.94. The highest BCUT2D eigenvalue weighted by Gasteiger charge is 2.10. The third kappa shape index (κ3) is 6.34. The number of nitrogens with one attached hydrogen (secondary N) is 1. The van der Waals surface area contributed by atoms with Gasteiger partial charge in [0.2, 0.25) is 0 Å². The van der Waals surface area contributed by atoms with Crippen LogP contribution < -0.4 is 5.32 Å². The zero-order valence-corrected chi connectivity index (χ0v) is 12.9. The van der Waals surface area contributed by atoms with Crippen LogP contribution in [0, 0.1) is 13.8 Å². The third-order valence-corrected chi connectivity index (χ3v) is 3.57. The van der Waals surface area contributed by atoms with Crippen LogP contribution in [0.15, 0.2) is 4.52 Å². The van der Waals surface area contributed by atoms with Crippen LogP contribution in [0.1, 0.15) is 37.8 Å². The van der Waals surface area contributed by atoms with E-state index in [0.717, 1.165) is 30.3 Å². The van der Waals surface area contributed by atoms with E-state index in [-0.39, 0.29) is 12.4 Å². The summed E-state index contributed by atoms with van der Waals surface area (Å²) in [5, 5.41) is 7.36. The van der Waals surface area contributed by atoms with Gasteiger partial charge in [-0.05, 0) is 13.8 Å². The molecule has 0 saturated carbocycles. The van der Waals surface area contributed by atoms with Gasteiger partial charge in [0, 0.05) is 29.2 Å². The molecule has 0 amide bonds. The molecule has 0 aromatic carbocycles. The molecule has 0 spiro atoms. The van der Waals surface area contributed by atoms with Gasteiger partial charge in [0.05, 0.1) is 5.69 Å². The molecule has 17 heavy (non-hydrogen) atoms. The van der Waals surface area contributed by atoms with Gasteiger partial charge in [-0.3, -0.25) is 0 Å². The summed E-state index contributed by atoms with van der Waals surface area (Å²) in [5.74, 6) is 2.06. The molecule has 0 atom stereocenters. The fourth-order valence-electron chi connectivity index (χ4n) is 1.40. The molecule has 0 unspecified atom stereocenters. The monoisotopic (exact) mass is 278 g/mol. The van der Waals surface area contributed by atoms with Crippen molar-refractivity contribution >= 4 is 24.2 Å². The summed E-state index contributed by atoms with van der Waals surface area (Å²) in [6, 6.07) is 0. The van der Waals surface area contributed by atoms with Crippen LogP contribution in [0.2, 0.25) is 0 Å². The highest BCUT2D eigenvalue weighted by atomic mass is 35.5. The van der Waals surface area contributed by atoms with E-state index in [1.54, 1.807) is 0 Å². The molecule has 0 aliphatic heterocycles. The summed E-state index contributed by atoms with van der Waals surface area (Å²) < 4.78 is 5.46. The van der Waals surface area contributed by atoms with Crippen LogP contribution in [0.5, 0.6) is 0 Å². The molecule has 0 bridgehead atoms. The van der Waals surface area contributed by atoms with Crippen LogP contribution >= 0.6 is 24.2 Å². The van der Waals surface area contributed by atoms with Crippen molar-refractivity contribution in [3.8, 4) is 0 Å². The largest absolute Gasteiger partial charge is 0.361 e. The summed E-state index contributed by atoms with van der Waals surface area (Å²) in [5.41, 5.74) is 2.19. The molecule has 5 heteroatoms. The van der Waals surface area contributed by atoms with Crippen molar-refractivity contribution in [3.05, 3.63) is 17.0 Å². The van der Waals surface area contributed by atoms with Crippen molar-refractivity contribution in [2.45, 2.75) is 45.9 Å². The maximum Gasteiger partial charge on any atom is 0.138 e. The van der Waals surface area contributed by atoms with Crippen LogP contribution in [0.4, 0.5) is 0 Å². The van der Waals surface area contributed by atoms with Gasteiger partial charge in [-0.1, -0.05) is 25.9 Å². The predicted octanol–water partition coefficient (Wildman–Crippen LogP) is 3.33. The first-order chi connectivity index (χ1) is 7.40. The summed E-state index contributed by atoms with van der Waals surface area (Å²) in [7, 11) is 0. The van der Waals surface area contributed by atoms with Crippen molar-refractivity contribution in [2.75, 3.05) is 12.3 Å². The molecule has 1 heterocycles. The number of thioether (sulfide) groups is 1. The van der Waals surface area contributed by atoms with Gasteiger partial charge in [-0.25, -0.2) is 0 Å². The summed E-state index contributed by atoms with van der Waals surface area (Å²) in [6.45, 7) is 12.5.